The first kappa shape index (κ1) is 16.0. The number of anilines is 1. The SMILES string of the molecule is CC(CCNS(=O)(=O)c1ccc(NN)nc1)S(C)=O. The number of hydrazine groups is 1. The number of nitrogen functional groups attached to an aromatic ring is 1. The Kier molecular flexibility index (Phi) is 5.85. The van der Waals surface area contributed by atoms with Crippen molar-refractivity contribution >= 4 is 26.6 Å². The Morgan fingerprint density at radius 2 is 2.16 bits per heavy atom. The topological polar surface area (TPSA) is 114 Å². The molecule has 0 spiro atoms. The van der Waals surface area contributed by atoms with Gasteiger partial charge in [0.1, 0.15) is 10.7 Å². The standard InChI is InChI=1S/C10H18N4O3S2/c1-8(18(2)15)5-6-13-19(16,17)9-3-4-10(14-11)12-7-9/h3-4,7-8,13H,5-6,11H2,1-2H3,(H,12,14). The molecule has 2 unspecified atom stereocenters. The largest absolute Gasteiger partial charge is 0.308 e. The van der Waals surface area contributed by atoms with Gasteiger partial charge in [0.2, 0.25) is 10.0 Å². The molecule has 7 nitrogen and oxygen atoms in total. The van der Waals surface area contributed by atoms with Crippen molar-refractivity contribution in [3.63, 3.8) is 0 Å². The van der Waals surface area contributed by atoms with Gasteiger partial charge in [0, 0.05) is 35.0 Å². The quantitative estimate of drug-likeness (QED) is 0.475. The monoisotopic (exact) mass is 306 g/mol. The summed E-state index contributed by atoms with van der Waals surface area (Å²) < 4.78 is 37.4. The number of nitrogens with zero attached hydrogens (tertiary/aromatic N) is 1. The van der Waals surface area contributed by atoms with E-state index in [2.05, 4.69) is 15.1 Å². The average molecular weight is 306 g/mol. The van der Waals surface area contributed by atoms with E-state index in [0.717, 1.165) is 0 Å². The van der Waals surface area contributed by atoms with Crippen LogP contribution in [0.5, 0.6) is 0 Å². The van der Waals surface area contributed by atoms with E-state index in [9.17, 15) is 12.6 Å². The summed E-state index contributed by atoms with van der Waals surface area (Å²) in [6.07, 6.45) is 3.33. The fourth-order valence-electron chi connectivity index (χ4n) is 1.27. The van der Waals surface area contributed by atoms with E-state index in [4.69, 9.17) is 5.84 Å². The van der Waals surface area contributed by atoms with Gasteiger partial charge in [-0.15, -0.1) is 0 Å². The molecule has 2 atom stereocenters. The number of hydrogen-bond donors (Lipinski definition) is 3. The van der Waals surface area contributed by atoms with E-state index in [0.29, 0.717) is 12.2 Å². The minimum absolute atomic E-state index is 0.0513. The van der Waals surface area contributed by atoms with Crippen LogP contribution in [0.15, 0.2) is 23.2 Å². The maximum absolute atomic E-state index is 11.9. The smallest absolute Gasteiger partial charge is 0.242 e. The van der Waals surface area contributed by atoms with E-state index in [1.807, 2.05) is 6.92 Å². The Balaban J connectivity index is 2.62. The molecule has 0 radical (unpaired) electrons. The average Bonchev–Trinajstić information content (AvgIpc) is 2.38. The molecule has 0 saturated heterocycles. The Morgan fingerprint density at radius 3 is 2.63 bits per heavy atom. The molecule has 4 N–H and O–H groups in total. The lowest BCUT2D eigenvalue weighted by Crippen LogP contribution is -2.27. The van der Waals surface area contributed by atoms with Crippen molar-refractivity contribution in [2.75, 3.05) is 18.2 Å². The fourth-order valence-corrected chi connectivity index (χ4v) is 2.71. The zero-order valence-corrected chi connectivity index (χ0v) is 12.4. The van der Waals surface area contributed by atoms with Crippen LogP contribution >= 0.6 is 0 Å². The van der Waals surface area contributed by atoms with Gasteiger partial charge in [-0.3, -0.25) is 4.21 Å². The maximum atomic E-state index is 11.9. The summed E-state index contributed by atoms with van der Waals surface area (Å²) in [5.74, 6) is 5.53. The van der Waals surface area contributed by atoms with Crippen molar-refractivity contribution in [1.82, 2.24) is 9.71 Å². The van der Waals surface area contributed by atoms with Crippen LogP contribution < -0.4 is 16.0 Å². The third kappa shape index (κ3) is 4.86. The summed E-state index contributed by atoms with van der Waals surface area (Å²) in [6, 6.07) is 2.88. The van der Waals surface area contributed by atoms with E-state index in [-0.39, 0.29) is 16.7 Å². The van der Waals surface area contributed by atoms with Gasteiger partial charge in [-0.05, 0) is 18.6 Å². The zero-order chi connectivity index (χ0) is 14.5. The summed E-state index contributed by atoms with van der Waals surface area (Å²) >= 11 is 0. The van der Waals surface area contributed by atoms with Gasteiger partial charge in [-0.1, -0.05) is 6.92 Å². The van der Waals surface area contributed by atoms with Gasteiger partial charge in [0.05, 0.1) is 0 Å². The van der Waals surface area contributed by atoms with Crippen molar-refractivity contribution in [3.8, 4) is 0 Å². The minimum atomic E-state index is -3.59. The first-order valence-electron chi connectivity index (χ1n) is 5.61. The van der Waals surface area contributed by atoms with Crippen molar-refractivity contribution < 1.29 is 12.6 Å². The molecule has 0 fully saturated rings. The van der Waals surface area contributed by atoms with Crippen molar-refractivity contribution in [2.24, 2.45) is 5.84 Å². The van der Waals surface area contributed by atoms with E-state index in [1.165, 1.54) is 18.3 Å². The Morgan fingerprint density at radius 1 is 1.47 bits per heavy atom. The van der Waals surface area contributed by atoms with Gasteiger partial charge in [0.25, 0.3) is 0 Å². The normalized spacial score (nSPS) is 14.9. The second-order valence-electron chi connectivity index (χ2n) is 4.02. The highest BCUT2D eigenvalue weighted by Gasteiger charge is 2.15. The molecular weight excluding hydrogens is 288 g/mol. The van der Waals surface area contributed by atoms with Crippen LogP contribution in [0.25, 0.3) is 0 Å². The second kappa shape index (κ2) is 6.94. The molecule has 0 amide bonds. The van der Waals surface area contributed by atoms with Crippen LogP contribution in [-0.4, -0.2) is 35.7 Å². The van der Waals surface area contributed by atoms with Gasteiger partial charge in [-0.25, -0.2) is 24.0 Å². The highest BCUT2D eigenvalue weighted by Crippen LogP contribution is 2.10. The number of sulfonamides is 1. The molecule has 0 aliphatic carbocycles. The number of nitrogens with two attached hydrogens (primary N) is 1. The third-order valence-corrected chi connectivity index (χ3v) is 5.42. The van der Waals surface area contributed by atoms with Crippen LogP contribution in [0.1, 0.15) is 13.3 Å². The molecular formula is C10H18N4O3S2. The lowest BCUT2D eigenvalue weighted by Gasteiger charge is -2.10. The maximum Gasteiger partial charge on any atom is 0.242 e. The van der Waals surface area contributed by atoms with Crippen LogP contribution in [0.3, 0.4) is 0 Å². The highest BCUT2D eigenvalue weighted by molar-refractivity contribution is 7.89. The molecule has 1 rings (SSSR count). The number of nitrogens with one attached hydrogen (secondary N) is 2. The zero-order valence-electron chi connectivity index (χ0n) is 10.8. The number of pyridine rings is 1. The number of aromatic nitrogens is 1. The van der Waals surface area contributed by atoms with Gasteiger partial charge in [-0.2, -0.15) is 0 Å². The van der Waals surface area contributed by atoms with Gasteiger partial charge in [0.15, 0.2) is 0 Å². The lowest BCUT2D eigenvalue weighted by molar-refractivity contribution is 0.577. The Labute approximate surface area is 115 Å². The van der Waals surface area contributed by atoms with Crippen LogP contribution in [-0.2, 0) is 20.8 Å². The van der Waals surface area contributed by atoms with Crippen LogP contribution in [0.4, 0.5) is 5.82 Å². The highest BCUT2D eigenvalue weighted by atomic mass is 32.2. The third-order valence-electron chi connectivity index (χ3n) is 2.60. The van der Waals surface area contributed by atoms with E-state index in [1.54, 1.807) is 6.26 Å². The molecule has 19 heavy (non-hydrogen) atoms. The van der Waals surface area contributed by atoms with Crippen LogP contribution in [0.2, 0.25) is 0 Å². The number of hydrogen-bond acceptors (Lipinski definition) is 6. The summed E-state index contributed by atoms with van der Waals surface area (Å²) in [4.78, 5) is 3.90. The molecule has 0 aromatic carbocycles. The first-order chi connectivity index (χ1) is 8.86. The molecule has 108 valence electrons. The fraction of sp³-hybridized carbons (Fsp3) is 0.500. The molecule has 1 heterocycles. The van der Waals surface area contributed by atoms with Crippen molar-refractivity contribution in [2.45, 2.75) is 23.5 Å². The molecule has 9 heteroatoms. The molecule has 0 bridgehead atoms. The number of rotatable bonds is 7. The van der Waals surface area contributed by atoms with Crippen molar-refractivity contribution in [3.05, 3.63) is 18.3 Å². The first-order valence-corrected chi connectivity index (χ1v) is 8.72. The summed E-state index contributed by atoms with van der Waals surface area (Å²) in [5.41, 5.74) is 2.32. The molecule has 1 aromatic rings. The molecule has 0 saturated carbocycles. The molecule has 0 aliphatic rings. The van der Waals surface area contributed by atoms with Crippen molar-refractivity contribution in [1.29, 1.82) is 0 Å². The van der Waals surface area contributed by atoms with Gasteiger partial charge < -0.3 is 5.43 Å². The molecule has 0 aliphatic heterocycles. The predicted molar refractivity (Wildman–Crippen MR) is 75.4 cm³/mol. The summed E-state index contributed by atoms with van der Waals surface area (Å²) in [7, 11) is -4.54. The predicted octanol–water partition coefficient (Wildman–Crippen LogP) is -0.197. The van der Waals surface area contributed by atoms with Crippen LogP contribution in [0, 0.1) is 0 Å². The summed E-state index contributed by atoms with van der Waals surface area (Å²) in [5, 5.41) is -0.0513. The Hall–Kier alpha value is -1.03. The summed E-state index contributed by atoms with van der Waals surface area (Å²) in [6.45, 7) is 2.05. The second-order valence-corrected chi connectivity index (χ2v) is 7.59. The van der Waals surface area contributed by atoms with E-state index < -0.39 is 20.8 Å². The Bertz CT molecular complexity index is 530. The lowest BCUT2D eigenvalue weighted by atomic mass is 10.3. The minimum Gasteiger partial charge on any atom is -0.308 e. The van der Waals surface area contributed by atoms with Gasteiger partial charge >= 0.3 is 0 Å². The molecule has 1 aromatic heterocycles. The van der Waals surface area contributed by atoms with E-state index >= 15 is 0 Å².